The van der Waals surface area contributed by atoms with Crippen LogP contribution in [0.5, 0.6) is 5.75 Å². The molecular weight excluding hydrogens is 330 g/mol. The third-order valence-electron chi connectivity index (χ3n) is 4.11. The van der Waals surface area contributed by atoms with Gasteiger partial charge in [0.1, 0.15) is 5.75 Å². The number of hydrogen-bond acceptors (Lipinski definition) is 1. The summed E-state index contributed by atoms with van der Waals surface area (Å²) >= 11 is 0. The average molecular weight is 353 g/mol. The van der Waals surface area contributed by atoms with Crippen LogP contribution in [0, 0.1) is 5.41 Å². The van der Waals surface area contributed by atoms with Crippen LogP contribution in [0.2, 0.25) is 0 Å². The maximum Gasteiger partial charge on any atom is 0.122 e. The Balaban J connectivity index is 0.00000162. The number of benzene rings is 1. The van der Waals surface area contributed by atoms with Crippen molar-refractivity contribution in [2.45, 2.75) is 38.5 Å². The molecule has 0 aromatic heterocycles. The Labute approximate surface area is 126 Å². The smallest absolute Gasteiger partial charge is 0.122 e. The predicted molar refractivity (Wildman–Crippen MR) is 76.8 cm³/mol. The first-order valence-corrected chi connectivity index (χ1v) is 7.43. The van der Waals surface area contributed by atoms with Gasteiger partial charge in [-0.1, -0.05) is 37.5 Å². The van der Waals surface area contributed by atoms with Gasteiger partial charge in [-0.25, -0.2) is 0 Å². The summed E-state index contributed by atoms with van der Waals surface area (Å²) in [6.45, 7) is 0. The average Bonchev–Trinajstić information content (AvgIpc) is 2.40. The molecule has 1 atom stereocenters. The maximum atomic E-state index is 5.47. The van der Waals surface area contributed by atoms with E-state index in [1.165, 1.54) is 50.3 Å². The van der Waals surface area contributed by atoms with E-state index in [4.69, 9.17) is 4.74 Å². The van der Waals surface area contributed by atoms with Crippen molar-refractivity contribution in [3.63, 3.8) is 0 Å². The molecule has 1 aliphatic rings. The largest absolute Gasteiger partial charge is 0.496 e. The van der Waals surface area contributed by atoms with Crippen molar-refractivity contribution in [2.24, 2.45) is 5.41 Å². The SMILES string of the molecule is COc1ccccc1CC1(CP)CCCCC1.[Rh]. The van der Waals surface area contributed by atoms with E-state index in [9.17, 15) is 0 Å². The van der Waals surface area contributed by atoms with Gasteiger partial charge in [0.05, 0.1) is 7.11 Å². The fraction of sp³-hybridized carbons (Fsp3) is 0.600. The summed E-state index contributed by atoms with van der Waals surface area (Å²) in [5, 5.41) is 0. The Morgan fingerprint density at radius 3 is 2.44 bits per heavy atom. The first-order chi connectivity index (χ1) is 8.29. The minimum Gasteiger partial charge on any atom is -0.496 e. The summed E-state index contributed by atoms with van der Waals surface area (Å²) in [5.41, 5.74) is 1.87. The third kappa shape index (κ3) is 3.78. The van der Waals surface area contributed by atoms with Crippen molar-refractivity contribution < 1.29 is 24.2 Å². The van der Waals surface area contributed by atoms with E-state index in [1.54, 1.807) is 7.11 Å². The summed E-state index contributed by atoms with van der Waals surface area (Å²) in [6.07, 6.45) is 9.32. The molecule has 0 amide bonds. The molecule has 2 rings (SSSR count). The minimum atomic E-state index is 0. The summed E-state index contributed by atoms with van der Waals surface area (Å²) in [6, 6.07) is 8.47. The van der Waals surface area contributed by atoms with E-state index in [0.29, 0.717) is 5.41 Å². The van der Waals surface area contributed by atoms with E-state index in [0.717, 1.165) is 5.75 Å². The van der Waals surface area contributed by atoms with Crippen LogP contribution in [-0.2, 0) is 25.9 Å². The molecule has 0 heterocycles. The Hall–Kier alpha value is 0.0734. The molecule has 0 saturated heterocycles. The summed E-state index contributed by atoms with van der Waals surface area (Å²) < 4.78 is 5.47. The molecule has 1 aliphatic carbocycles. The van der Waals surface area contributed by atoms with Crippen LogP contribution in [-0.4, -0.2) is 13.3 Å². The molecule has 0 bridgehead atoms. The molecule has 1 radical (unpaired) electrons. The molecule has 103 valence electrons. The van der Waals surface area contributed by atoms with Crippen molar-refractivity contribution >= 4 is 9.24 Å². The fourth-order valence-electron chi connectivity index (χ4n) is 3.01. The van der Waals surface area contributed by atoms with Gasteiger partial charge >= 0.3 is 0 Å². The normalized spacial score (nSPS) is 17.9. The Morgan fingerprint density at radius 1 is 1.17 bits per heavy atom. The van der Waals surface area contributed by atoms with E-state index in [2.05, 4.69) is 33.5 Å². The van der Waals surface area contributed by atoms with E-state index in [1.807, 2.05) is 0 Å². The second-order valence-corrected chi connectivity index (χ2v) is 5.66. The van der Waals surface area contributed by atoms with E-state index < -0.39 is 0 Å². The van der Waals surface area contributed by atoms with Crippen molar-refractivity contribution in [3.8, 4) is 5.75 Å². The zero-order valence-electron chi connectivity index (χ0n) is 11.1. The standard InChI is InChI=1S/C15H23OP.Rh/c1-16-14-8-4-3-7-13(14)11-15(12-17)9-5-2-6-10-15;/h3-4,7-8H,2,5-6,9-12,17H2,1H3;. The van der Waals surface area contributed by atoms with Crippen molar-refractivity contribution in [1.29, 1.82) is 0 Å². The topological polar surface area (TPSA) is 9.23 Å². The van der Waals surface area contributed by atoms with Gasteiger partial charge in [-0.2, -0.15) is 0 Å². The molecule has 0 spiro atoms. The van der Waals surface area contributed by atoms with Crippen molar-refractivity contribution in [1.82, 2.24) is 0 Å². The molecule has 1 fully saturated rings. The summed E-state index contributed by atoms with van der Waals surface area (Å²) in [4.78, 5) is 0. The Bertz CT molecular complexity index is 361. The van der Waals surface area contributed by atoms with Crippen LogP contribution < -0.4 is 4.74 Å². The number of ether oxygens (including phenoxy) is 1. The number of rotatable bonds is 4. The number of hydrogen-bond donors (Lipinski definition) is 0. The van der Waals surface area contributed by atoms with Crippen LogP contribution in [0.25, 0.3) is 0 Å². The first kappa shape index (κ1) is 16.1. The molecule has 0 aliphatic heterocycles. The third-order valence-corrected chi connectivity index (χ3v) is 4.97. The quantitative estimate of drug-likeness (QED) is 0.586. The van der Waals surface area contributed by atoms with Gasteiger partial charge in [0.15, 0.2) is 0 Å². The Morgan fingerprint density at radius 2 is 1.83 bits per heavy atom. The molecule has 0 N–H and O–H groups in total. The number of para-hydroxylation sites is 1. The van der Waals surface area contributed by atoms with Crippen LogP contribution in [0.1, 0.15) is 37.7 Å². The van der Waals surface area contributed by atoms with Gasteiger partial charge in [0, 0.05) is 19.5 Å². The fourth-order valence-corrected chi connectivity index (χ4v) is 3.56. The predicted octanol–water partition coefficient (Wildman–Crippen LogP) is 4.06. The Kier molecular flexibility index (Phi) is 6.82. The van der Waals surface area contributed by atoms with E-state index in [-0.39, 0.29) is 19.5 Å². The molecule has 1 aromatic rings. The monoisotopic (exact) mass is 353 g/mol. The molecule has 1 aromatic carbocycles. The minimum absolute atomic E-state index is 0. The van der Waals surface area contributed by atoms with Gasteiger partial charge < -0.3 is 4.74 Å². The molecular formula is C15H23OPRh. The van der Waals surface area contributed by atoms with Crippen LogP contribution >= 0.6 is 9.24 Å². The van der Waals surface area contributed by atoms with Gasteiger partial charge in [-0.15, -0.1) is 9.24 Å². The van der Waals surface area contributed by atoms with Gasteiger partial charge in [0.2, 0.25) is 0 Å². The molecule has 1 nitrogen and oxygen atoms in total. The maximum absolute atomic E-state index is 5.47. The van der Waals surface area contributed by atoms with Crippen LogP contribution in [0.4, 0.5) is 0 Å². The molecule has 1 saturated carbocycles. The molecule has 1 unspecified atom stereocenters. The van der Waals surface area contributed by atoms with E-state index >= 15 is 0 Å². The zero-order valence-corrected chi connectivity index (χ0v) is 13.9. The second kappa shape index (κ2) is 7.61. The van der Waals surface area contributed by atoms with Crippen molar-refractivity contribution in [2.75, 3.05) is 13.3 Å². The van der Waals surface area contributed by atoms with Crippen LogP contribution in [0.3, 0.4) is 0 Å². The van der Waals surface area contributed by atoms with Crippen LogP contribution in [0.15, 0.2) is 24.3 Å². The van der Waals surface area contributed by atoms with Gasteiger partial charge in [-0.05, 0) is 42.5 Å². The number of methoxy groups -OCH3 is 1. The zero-order chi connectivity index (χ0) is 12.1. The molecule has 18 heavy (non-hydrogen) atoms. The first-order valence-electron chi connectivity index (χ1n) is 6.62. The molecule has 3 heteroatoms. The van der Waals surface area contributed by atoms with Gasteiger partial charge in [-0.3, -0.25) is 0 Å². The summed E-state index contributed by atoms with van der Waals surface area (Å²) in [5.74, 6) is 1.05. The van der Waals surface area contributed by atoms with Crippen molar-refractivity contribution in [3.05, 3.63) is 29.8 Å². The summed E-state index contributed by atoms with van der Waals surface area (Å²) in [7, 11) is 4.73. The van der Waals surface area contributed by atoms with Gasteiger partial charge in [0.25, 0.3) is 0 Å². The second-order valence-electron chi connectivity index (χ2n) is 5.25.